The lowest BCUT2D eigenvalue weighted by Gasteiger charge is -2.56. The van der Waals surface area contributed by atoms with Crippen LogP contribution in [0.1, 0.15) is 97.5 Å². The SMILES string of the molecule is CC(=O)OC1CCC2(C)C(=CCC3C4CCC(=O)C4(C)CCC32)C1.COC(=O)C1=C(C)NC(C)=C(C(=O)OC)C1c1ccccc1[N+](=O)[O-]. The Morgan fingerprint density at radius 1 is 0.918 bits per heavy atom. The fraction of sp³-hybridized carbons (Fsp3) is 0.579. The third-order valence-corrected chi connectivity index (χ3v) is 12.1. The first-order valence-electron chi connectivity index (χ1n) is 17.2. The van der Waals surface area contributed by atoms with Gasteiger partial charge < -0.3 is 19.5 Å². The highest BCUT2D eigenvalue weighted by Crippen LogP contribution is 2.64. The number of allylic oxidation sites excluding steroid dienone is 3. The number of carbonyl (C=O) groups excluding carboxylic acids is 4. The highest BCUT2D eigenvalue weighted by atomic mass is 16.6. The number of carbonyl (C=O) groups is 4. The number of fused-ring (bicyclic) bond motifs is 5. The first-order chi connectivity index (χ1) is 23.2. The van der Waals surface area contributed by atoms with Crippen LogP contribution in [-0.2, 0) is 33.4 Å². The normalized spacial score (nSPS) is 30.8. The molecular weight excluding hydrogens is 628 g/mol. The number of esters is 3. The lowest BCUT2D eigenvalue weighted by atomic mass is 9.48. The average Bonchev–Trinajstić information content (AvgIpc) is 3.37. The summed E-state index contributed by atoms with van der Waals surface area (Å²) in [6.45, 7) is 9.48. The molecule has 0 saturated heterocycles. The molecule has 11 nitrogen and oxygen atoms in total. The Morgan fingerprint density at radius 3 is 2.10 bits per heavy atom. The lowest BCUT2D eigenvalue weighted by molar-refractivity contribution is -0.385. The first kappa shape index (κ1) is 36.0. The fourth-order valence-electron chi connectivity index (χ4n) is 9.70. The summed E-state index contributed by atoms with van der Waals surface area (Å²) in [5.41, 5.74) is 2.93. The van der Waals surface area contributed by atoms with Gasteiger partial charge in [0.25, 0.3) is 5.69 Å². The van der Waals surface area contributed by atoms with Gasteiger partial charge in [0.2, 0.25) is 0 Å². The van der Waals surface area contributed by atoms with E-state index in [0.29, 0.717) is 34.9 Å². The zero-order valence-corrected chi connectivity index (χ0v) is 29.6. The Labute approximate surface area is 287 Å². The lowest BCUT2D eigenvalue weighted by Crippen LogP contribution is -2.50. The number of nitrogens with one attached hydrogen (secondary N) is 1. The molecule has 49 heavy (non-hydrogen) atoms. The maximum Gasteiger partial charge on any atom is 0.336 e. The van der Waals surface area contributed by atoms with Crippen LogP contribution in [0.5, 0.6) is 0 Å². The Kier molecular flexibility index (Phi) is 10.2. The zero-order valence-electron chi connectivity index (χ0n) is 29.6. The molecule has 1 heterocycles. The molecular formula is C38H48N2O9. The molecule has 1 aromatic rings. The fourth-order valence-corrected chi connectivity index (χ4v) is 9.70. The van der Waals surface area contributed by atoms with Crippen LogP contribution < -0.4 is 5.32 Å². The van der Waals surface area contributed by atoms with E-state index in [1.165, 1.54) is 51.3 Å². The minimum atomic E-state index is -0.970. The molecule has 4 aliphatic carbocycles. The molecule has 11 heteroatoms. The number of hydrogen-bond acceptors (Lipinski definition) is 10. The van der Waals surface area contributed by atoms with Crippen molar-refractivity contribution in [2.24, 2.45) is 28.6 Å². The van der Waals surface area contributed by atoms with Crippen molar-refractivity contribution < 1.29 is 38.3 Å². The third kappa shape index (κ3) is 6.44. The average molecular weight is 677 g/mol. The molecule has 3 fully saturated rings. The van der Waals surface area contributed by atoms with E-state index < -0.39 is 22.8 Å². The highest BCUT2D eigenvalue weighted by molar-refractivity contribution is 6.00. The number of nitro groups is 1. The van der Waals surface area contributed by atoms with Crippen molar-refractivity contribution in [2.45, 2.75) is 98.0 Å². The number of benzene rings is 1. The number of dihydropyridines is 1. The Morgan fingerprint density at radius 2 is 1.51 bits per heavy atom. The second-order valence-electron chi connectivity index (χ2n) is 14.6. The van der Waals surface area contributed by atoms with Gasteiger partial charge in [-0.2, -0.15) is 0 Å². The zero-order chi connectivity index (χ0) is 35.8. The minimum absolute atomic E-state index is 0.0438. The second-order valence-corrected chi connectivity index (χ2v) is 14.6. The molecule has 3 saturated carbocycles. The maximum absolute atomic E-state index is 12.4. The topological polar surface area (TPSA) is 151 Å². The van der Waals surface area contributed by atoms with Gasteiger partial charge in [0.05, 0.1) is 36.2 Å². The van der Waals surface area contributed by atoms with Crippen molar-refractivity contribution in [1.82, 2.24) is 5.32 Å². The van der Waals surface area contributed by atoms with Gasteiger partial charge in [-0.3, -0.25) is 19.7 Å². The molecule has 1 aromatic carbocycles. The summed E-state index contributed by atoms with van der Waals surface area (Å²) in [6.07, 6.45) is 10.8. The quantitative estimate of drug-likeness (QED) is 0.118. The van der Waals surface area contributed by atoms with Gasteiger partial charge in [-0.15, -0.1) is 0 Å². The van der Waals surface area contributed by atoms with E-state index in [1.807, 2.05) is 0 Å². The molecule has 0 amide bonds. The number of Topliss-reactive ketones (excluding diaryl/α,β-unsaturated/α-hetero) is 1. The van der Waals surface area contributed by atoms with Gasteiger partial charge in [-0.25, -0.2) is 9.59 Å². The van der Waals surface area contributed by atoms with Gasteiger partial charge in [-0.05, 0) is 75.5 Å². The molecule has 264 valence electrons. The van der Waals surface area contributed by atoms with Crippen molar-refractivity contribution in [3.8, 4) is 0 Å². The number of rotatable bonds is 5. The van der Waals surface area contributed by atoms with Gasteiger partial charge >= 0.3 is 17.9 Å². The van der Waals surface area contributed by atoms with Crippen molar-refractivity contribution in [3.05, 3.63) is 74.1 Å². The molecule has 6 rings (SSSR count). The van der Waals surface area contributed by atoms with Gasteiger partial charge in [0.15, 0.2) is 0 Å². The van der Waals surface area contributed by atoms with Crippen molar-refractivity contribution >= 4 is 29.4 Å². The number of para-hydroxylation sites is 1. The van der Waals surface area contributed by atoms with E-state index in [1.54, 1.807) is 19.9 Å². The van der Waals surface area contributed by atoms with Gasteiger partial charge in [0, 0.05) is 48.2 Å². The summed E-state index contributed by atoms with van der Waals surface area (Å²) in [5, 5.41) is 14.4. The summed E-state index contributed by atoms with van der Waals surface area (Å²) < 4.78 is 15.2. The second kappa shape index (κ2) is 13.9. The molecule has 1 aliphatic heterocycles. The molecule has 0 spiro atoms. The molecule has 0 aromatic heterocycles. The summed E-state index contributed by atoms with van der Waals surface area (Å²) >= 11 is 0. The van der Waals surface area contributed by atoms with Gasteiger partial charge in [0.1, 0.15) is 11.9 Å². The molecule has 1 N–H and O–H groups in total. The Bertz CT molecular complexity index is 1620. The molecule has 0 radical (unpaired) electrons. The molecule has 6 atom stereocenters. The van der Waals surface area contributed by atoms with E-state index in [2.05, 4.69) is 25.2 Å². The van der Waals surface area contributed by atoms with Crippen molar-refractivity contribution in [3.63, 3.8) is 0 Å². The van der Waals surface area contributed by atoms with Crippen LogP contribution in [0.2, 0.25) is 0 Å². The Hall–Kier alpha value is -4.28. The van der Waals surface area contributed by atoms with Crippen LogP contribution in [0, 0.1) is 38.7 Å². The first-order valence-corrected chi connectivity index (χ1v) is 17.2. The monoisotopic (exact) mass is 676 g/mol. The summed E-state index contributed by atoms with van der Waals surface area (Å²) in [5.74, 6) is 0.00522. The summed E-state index contributed by atoms with van der Waals surface area (Å²) in [7, 11) is 2.42. The van der Waals surface area contributed by atoms with Gasteiger partial charge in [-0.1, -0.05) is 43.7 Å². The number of hydrogen-bond donors (Lipinski definition) is 1. The number of nitro benzene ring substituents is 1. The predicted molar refractivity (Wildman–Crippen MR) is 181 cm³/mol. The van der Waals surface area contributed by atoms with Crippen LogP contribution in [0.15, 0.2) is 58.5 Å². The van der Waals surface area contributed by atoms with Crippen LogP contribution in [0.3, 0.4) is 0 Å². The number of methoxy groups -OCH3 is 2. The molecule has 5 aliphatic rings. The van der Waals surface area contributed by atoms with Crippen LogP contribution in [0.4, 0.5) is 5.69 Å². The third-order valence-electron chi connectivity index (χ3n) is 12.1. The van der Waals surface area contributed by atoms with E-state index >= 15 is 0 Å². The van der Waals surface area contributed by atoms with Crippen molar-refractivity contribution in [1.29, 1.82) is 0 Å². The summed E-state index contributed by atoms with van der Waals surface area (Å²) in [4.78, 5) is 59.3. The predicted octanol–water partition coefficient (Wildman–Crippen LogP) is 6.63. The molecule has 6 unspecified atom stereocenters. The van der Waals surface area contributed by atoms with Crippen LogP contribution in [-0.4, -0.2) is 48.9 Å². The largest absolute Gasteiger partial charge is 0.466 e. The van der Waals surface area contributed by atoms with E-state index in [0.717, 1.165) is 44.9 Å². The summed E-state index contributed by atoms with van der Waals surface area (Å²) in [6, 6.07) is 5.97. The Balaban J connectivity index is 0.000000191. The highest BCUT2D eigenvalue weighted by Gasteiger charge is 2.58. The maximum atomic E-state index is 12.4. The van der Waals surface area contributed by atoms with Crippen molar-refractivity contribution in [2.75, 3.05) is 14.2 Å². The number of ketones is 1. The molecule has 0 bridgehead atoms. The smallest absolute Gasteiger partial charge is 0.336 e. The standard InChI is InChI=1S/C21H30O3.C17H18N2O6/c1-13(22)24-15-8-10-20(2)14(12-15)4-5-16-17-6-7-19(23)21(17,3)11-9-18(16)20;1-9-13(16(20)24-3)15(14(10(2)18-9)17(21)25-4)11-7-5-6-8-12(11)19(22)23/h4,15-18H,5-12H2,1-3H3;5-8,15,18H,1-4H3. The van der Waals surface area contributed by atoms with Crippen LogP contribution in [0.25, 0.3) is 0 Å². The van der Waals surface area contributed by atoms with E-state index in [9.17, 15) is 29.3 Å². The van der Waals surface area contributed by atoms with E-state index in [4.69, 9.17) is 14.2 Å². The van der Waals surface area contributed by atoms with Crippen LogP contribution >= 0.6 is 0 Å². The minimum Gasteiger partial charge on any atom is -0.466 e. The van der Waals surface area contributed by atoms with E-state index in [-0.39, 0.29) is 45.3 Å². The number of ether oxygens (including phenoxy) is 3. The number of nitrogens with zero attached hydrogens (tertiary/aromatic N) is 1.